The van der Waals surface area contributed by atoms with Gasteiger partial charge in [0.05, 0.1) is 17.9 Å². The van der Waals surface area contributed by atoms with Crippen molar-refractivity contribution >= 4 is 52.1 Å². The van der Waals surface area contributed by atoms with Gasteiger partial charge in [0, 0.05) is 47.8 Å². The number of benzene rings is 2. The van der Waals surface area contributed by atoms with E-state index in [1.165, 1.54) is 23.1 Å². The lowest BCUT2D eigenvalue weighted by atomic mass is 10.1. The molecule has 2 aliphatic rings. The van der Waals surface area contributed by atoms with Crippen molar-refractivity contribution < 1.29 is 19.1 Å². The van der Waals surface area contributed by atoms with E-state index in [4.69, 9.17) is 21.1 Å². The van der Waals surface area contributed by atoms with E-state index in [1.807, 2.05) is 34.5 Å². The van der Waals surface area contributed by atoms with E-state index in [-0.39, 0.29) is 30.7 Å². The molecule has 1 fully saturated rings. The minimum atomic E-state index is -0.00492. The Kier molecular flexibility index (Phi) is 6.94. The molecule has 0 N–H and O–H groups in total. The molecule has 2 aromatic carbocycles. The molecule has 0 aliphatic carbocycles. The van der Waals surface area contributed by atoms with E-state index in [1.54, 1.807) is 18.2 Å². The number of thiazole rings is 1. The van der Waals surface area contributed by atoms with E-state index in [0.29, 0.717) is 30.2 Å². The summed E-state index contributed by atoms with van der Waals surface area (Å²) in [6.45, 7) is 3.11. The Bertz CT molecular complexity index is 1190. The molecule has 1 aromatic heterocycles. The van der Waals surface area contributed by atoms with Gasteiger partial charge in [-0.1, -0.05) is 23.4 Å². The third kappa shape index (κ3) is 5.32. The smallest absolute Gasteiger partial charge is 0.231 e. The normalized spacial score (nSPS) is 15.0. The quantitative estimate of drug-likeness (QED) is 0.341. The fraction of sp³-hybridized carbons (Fsp3) is 0.292. The summed E-state index contributed by atoms with van der Waals surface area (Å²) >= 11 is 8.82. The zero-order valence-corrected chi connectivity index (χ0v) is 20.6. The molecular formula is C24H22ClN3O4S2. The summed E-state index contributed by atoms with van der Waals surface area (Å²) in [6.07, 6.45) is 0.272. The number of carbonyl (C=O) groups excluding carboxylic acids is 2. The van der Waals surface area contributed by atoms with E-state index in [2.05, 4.69) is 9.88 Å². The molecule has 7 nitrogen and oxygen atoms in total. The van der Waals surface area contributed by atoms with Crippen molar-refractivity contribution in [2.45, 2.75) is 10.8 Å². The Balaban J connectivity index is 1.09. The van der Waals surface area contributed by atoms with Crippen LogP contribution in [0.15, 0.2) is 52.2 Å². The Hall–Kier alpha value is -2.75. The number of amides is 1. The number of anilines is 1. The number of hydrogen-bond acceptors (Lipinski definition) is 8. The first kappa shape index (κ1) is 23.0. The molecule has 5 rings (SSSR count). The highest BCUT2D eigenvalue weighted by Gasteiger charge is 2.22. The van der Waals surface area contributed by atoms with Gasteiger partial charge in [0.1, 0.15) is 0 Å². The lowest BCUT2D eigenvalue weighted by molar-refractivity contribution is -0.130. The van der Waals surface area contributed by atoms with Gasteiger partial charge in [-0.15, -0.1) is 11.3 Å². The van der Waals surface area contributed by atoms with Gasteiger partial charge >= 0.3 is 0 Å². The average molecular weight is 516 g/mol. The molecule has 0 unspecified atom stereocenters. The van der Waals surface area contributed by atoms with Crippen LogP contribution in [0.3, 0.4) is 0 Å². The van der Waals surface area contributed by atoms with Gasteiger partial charge in [0.2, 0.25) is 12.7 Å². The van der Waals surface area contributed by atoms with Crippen molar-refractivity contribution in [3.05, 3.63) is 64.1 Å². The molecule has 176 valence electrons. The summed E-state index contributed by atoms with van der Waals surface area (Å²) in [4.78, 5) is 34.0. The number of ether oxygens (including phenoxy) is 2. The molecule has 0 bridgehead atoms. The molecule has 0 spiro atoms. The van der Waals surface area contributed by atoms with Crippen LogP contribution in [0.5, 0.6) is 11.5 Å². The standard InChI is InChI=1S/C24H22ClN3O4S2/c25-17-2-4-19(5-3-17)27-7-9-28(10-8-27)23(30)12-18-13-33-24(26-18)34-14-20(29)16-1-6-21-22(11-16)32-15-31-21/h1-6,11,13H,7-10,12,14-15H2. The highest BCUT2D eigenvalue weighted by Crippen LogP contribution is 2.33. The number of rotatable bonds is 7. The van der Waals surface area contributed by atoms with Crippen LogP contribution in [0.2, 0.25) is 5.02 Å². The number of halogens is 1. The number of aromatic nitrogens is 1. The highest BCUT2D eigenvalue weighted by atomic mass is 35.5. The van der Waals surface area contributed by atoms with Crippen LogP contribution in [0.25, 0.3) is 0 Å². The van der Waals surface area contributed by atoms with Gasteiger partial charge in [-0.3, -0.25) is 9.59 Å². The van der Waals surface area contributed by atoms with Crippen molar-refractivity contribution in [3.8, 4) is 11.5 Å². The highest BCUT2D eigenvalue weighted by molar-refractivity contribution is 8.01. The fourth-order valence-electron chi connectivity index (χ4n) is 3.85. The van der Waals surface area contributed by atoms with Crippen molar-refractivity contribution in [2.75, 3.05) is 43.6 Å². The second kappa shape index (κ2) is 10.2. The minimum Gasteiger partial charge on any atom is -0.454 e. The maximum absolute atomic E-state index is 12.8. The first-order chi connectivity index (χ1) is 16.5. The fourth-order valence-corrected chi connectivity index (χ4v) is 5.71. The van der Waals surface area contributed by atoms with E-state index in [9.17, 15) is 9.59 Å². The lowest BCUT2D eigenvalue weighted by Gasteiger charge is -2.36. The first-order valence-electron chi connectivity index (χ1n) is 10.8. The Morgan fingerprint density at radius 2 is 1.79 bits per heavy atom. The second-order valence-corrected chi connectivity index (χ2v) is 10.4. The van der Waals surface area contributed by atoms with Crippen molar-refractivity contribution in [1.82, 2.24) is 9.88 Å². The average Bonchev–Trinajstić information content (AvgIpc) is 3.52. The third-order valence-electron chi connectivity index (χ3n) is 5.71. The van der Waals surface area contributed by atoms with Gasteiger partial charge in [-0.25, -0.2) is 4.98 Å². The zero-order chi connectivity index (χ0) is 23.5. The molecule has 0 saturated carbocycles. The molecule has 3 heterocycles. The summed E-state index contributed by atoms with van der Waals surface area (Å²) in [5, 5.41) is 2.62. The SMILES string of the molecule is O=C(CSc1nc(CC(=O)N2CCN(c3ccc(Cl)cc3)CC2)cs1)c1ccc2c(c1)OCO2. The Morgan fingerprint density at radius 1 is 1.03 bits per heavy atom. The number of piperazine rings is 1. The summed E-state index contributed by atoms with van der Waals surface area (Å²) in [5.41, 5.74) is 2.45. The van der Waals surface area contributed by atoms with Crippen LogP contribution in [0.1, 0.15) is 16.1 Å². The predicted molar refractivity (Wildman–Crippen MR) is 134 cm³/mol. The van der Waals surface area contributed by atoms with Gasteiger partial charge in [0.15, 0.2) is 21.6 Å². The summed E-state index contributed by atoms with van der Waals surface area (Å²) in [5.74, 6) is 1.60. The number of ketones is 1. The van der Waals surface area contributed by atoms with Crippen molar-refractivity contribution in [3.63, 3.8) is 0 Å². The summed E-state index contributed by atoms with van der Waals surface area (Å²) in [7, 11) is 0. The van der Waals surface area contributed by atoms with E-state index >= 15 is 0 Å². The number of hydrogen-bond donors (Lipinski definition) is 0. The topological polar surface area (TPSA) is 72.0 Å². The van der Waals surface area contributed by atoms with Crippen molar-refractivity contribution in [2.24, 2.45) is 0 Å². The Morgan fingerprint density at radius 3 is 2.59 bits per heavy atom. The van der Waals surface area contributed by atoms with E-state index in [0.717, 1.165) is 33.8 Å². The van der Waals surface area contributed by atoms with Gasteiger partial charge < -0.3 is 19.3 Å². The number of Topliss-reactive ketones (excluding diaryl/α,β-unsaturated/α-hetero) is 1. The van der Waals surface area contributed by atoms with Crippen LogP contribution in [0, 0.1) is 0 Å². The van der Waals surface area contributed by atoms with Crippen LogP contribution < -0.4 is 14.4 Å². The Labute approximate surface area is 210 Å². The molecule has 3 aromatic rings. The first-order valence-corrected chi connectivity index (χ1v) is 13.1. The predicted octanol–water partition coefficient (Wildman–Crippen LogP) is 4.39. The molecule has 34 heavy (non-hydrogen) atoms. The molecule has 1 amide bonds. The second-order valence-electron chi connectivity index (χ2n) is 7.91. The van der Waals surface area contributed by atoms with Gasteiger partial charge in [-0.2, -0.15) is 0 Å². The number of fused-ring (bicyclic) bond motifs is 1. The molecule has 2 aliphatic heterocycles. The molecule has 0 atom stereocenters. The molecule has 10 heteroatoms. The van der Waals surface area contributed by atoms with Crippen LogP contribution >= 0.6 is 34.7 Å². The van der Waals surface area contributed by atoms with Gasteiger partial charge in [0.25, 0.3) is 0 Å². The van der Waals surface area contributed by atoms with Crippen molar-refractivity contribution in [1.29, 1.82) is 0 Å². The monoisotopic (exact) mass is 515 g/mol. The van der Waals surface area contributed by atoms with Crippen LogP contribution in [-0.4, -0.2) is 60.3 Å². The zero-order valence-electron chi connectivity index (χ0n) is 18.2. The maximum Gasteiger partial charge on any atom is 0.231 e. The maximum atomic E-state index is 12.8. The molecular weight excluding hydrogens is 494 g/mol. The summed E-state index contributed by atoms with van der Waals surface area (Å²) < 4.78 is 11.4. The third-order valence-corrected chi connectivity index (χ3v) is 8.03. The molecule has 0 radical (unpaired) electrons. The number of thioether (sulfide) groups is 1. The van der Waals surface area contributed by atoms with E-state index < -0.39 is 0 Å². The summed E-state index contributed by atoms with van der Waals surface area (Å²) in [6, 6.07) is 13.0. The lowest BCUT2D eigenvalue weighted by Crippen LogP contribution is -2.49. The number of nitrogens with zero attached hydrogens (tertiary/aromatic N) is 3. The van der Waals surface area contributed by atoms with Gasteiger partial charge in [-0.05, 0) is 42.5 Å². The van der Waals surface area contributed by atoms with Crippen LogP contribution in [0.4, 0.5) is 5.69 Å². The number of carbonyl (C=O) groups is 2. The minimum absolute atomic E-state index is 0.00492. The molecule has 1 saturated heterocycles. The largest absolute Gasteiger partial charge is 0.454 e. The van der Waals surface area contributed by atoms with Crippen LogP contribution in [-0.2, 0) is 11.2 Å².